The monoisotopic (exact) mass is 706 g/mol. The maximum absolute atomic E-state index is 11.6. The van der Waals surface area contributed by atoms with Gasteiger partial charge < -0.3 is 29.0 Å². The van der Waals surface area contributed by atoms with Crippen LogP contribution in [0.5, 0.6) is 11.5 Å². The molecule has 0 bridgehead atoms. The molecular formula is C32H30Cl2O8P2S. The highest BCUT2D eigenvalue weighted by Crippen LogP contribution is 2.47. The number of rotatable bonds is 12. The Kier molecular flexibility index (Phi) is 11.8. The summed E-state index contributed by atoms with van der Waals surface area (Å²) < 4.78 is 33.9. The van der Waals surface area contributed by atoms with Crippen LogP contribution in [-0.2, 0) is 9.13 Å². The Labute approximate surface area is 275 Å². The van der Waals surface area contributed by atoms with E-state index in [1.165, 1.54) is 36.0 Å². The van der Waals surface area contributed by atoms with E-state index in [1.54, 1.807) is 50.6 Å². The maximum atomic E-state index is 11.6. The minimum absolute atomic E-state index is 0.0723. The van der Waals surface area contributed by atoms with Gasteiger partial charge in [0.05, 0.1) is 35.3 Å². The number of hydrogen-bond donors (Lipinski definition) is 4. The maximum Gasteiger partial charge on any atom is 0.356 e. The van der Waals surface area contributed by atoms with Crippen molar-refractivity contribution in [2.24, 2.45) is 0 Å². The summed E-state index contributed by atoms with van der Waals surface area (Å²) in [4.78, 5) is 37.9. The van der Waals surface area contributed by atoms with Crippen LogP contribution in [0.1, 0.15) is 32.8 Å². The summed E-state index contributed by atoms with van der Waals surface area (Å²) >= 11 is 15.0. The van der Waals surface area contributed by atoms with Crippen LogP contribution in [0.4, 0.5) is 0 Å². The van der Waals surface area contributed by atoms with Crippen molar-refractivity contribution in [3.63, 3.8) is 0 Å². The number of hydrogen-bond acceptors (Lipinski definition) is 5. The molecular weight excluding hydrogens is 677 g/mol. The van der Waals surface area contributed by atoms with Gasteiger partial charge in [0, 0.05) is 10.0 Å². The summed E-state index contributed by atoms with van der Waals surface area (Å²) in [6, 6.07) is 22.9. The third-order valence-electron chi connectivity index (χ3n) is 6.71. The van der Waals surface area contributed by atoms with Crippen LogP contribution >= 0.6 is 50.2 Å². The lowest BCUT2D eigenvalue weighted by atomic mass is 10.1. The van der Waals surface area contributed by atoms with E-state index in [1.807, 2.05) is 48.6 Å². The highest BCUT2D eigenvalue weighted by molar-refractivity contribution is 8.00. The Morgan fingerprint density at radius 2 is 0.978 bits per heavy atom. The van der Waals surface area contributed by atoms with Crippen LogP contribution in [0.25, 0.3) is 12.2 Å². The first kappa shape index (κ1) is 35.1. The summed E-state index contributed by atoms with van der Waals surface area (Å²) in [6.45, 7) is 0. The number of benzene rings is 4. The molecule has 45 heavy (non-hydrogen) atoms. The van der Waals surface area contributed by atoms with Gasteiger partial charge in [0.25, 0.3) is 0 Å². The predicted octanol–water partition coefficient (Wildman–Crippen LogP) is 7.56. The number of ether oxygens (including phenoxy) is 2. The van der Waals surface area contributed by atoms with E-state index in [0.29, 0.717) is 21.5 Å². The average Bonchev–Trinajstić information content (AvgIpc) is 3.00. The standard InChI is InChI=1S/C32H30Cl2O8P2S/c1-41-23-9-15-27(29(33)19-23)31(17-7-21-3-11-25(12-4-21)43(35,36)37)45-32(28-16-10-24(42-2)20-30(28)34)18-8-22-5-13-26(14-6-22)44(38,39)40/h3-20,31-32H,1-2H3,(H2,35,36,37)(H2,38,39,40). The van der Waals surface area contributed by atoms with Crippen molar-refractivity contribution in [2.75, 3.05) is 14.2 Å². The van der Waals surface area contributed by atoms with E-state index in [-0.39, 0.29) is 21.1 Å². The summed E-state index contributed by atoms with van der Waals surface area (Å²) in [6.07, 6.45) is 7.58. The molecule has 0 aliphatic carbocycles. The molecule has 2 atom stereocenters. The van der Waals surface area contributed by atoms with Gasteiger partial charge in [-0.25, -0.2) is 0 Å². The van der Waals surface area contributed by atoms with E-state index in [2.05, 4.69) is 0 Å². The van der Waals surface area contributed by atoms with Crippen LogP contribution in [-0.4, -0.2) is 33.8 Å². The molecule has 13 heteroatoms. The predicted molar refractivity (Wildman–Crippen MR) is 183 cm³/mol. The van der Waals surface area contributed by atoms with E-state index in [9.17, 15) is 28.7 Å². The molecule has 4 rings (SSSR count). The molecule has 4 aromatic rings. The van der Waals surface area contributed by atoms with E-state index in [0.717, 1.165) is 22.3 Å². The molecule has 2 unspecified atom stereocenters. The van der Waals surface area contributed by atoms with Gasteiger partial charge in [-0.3, -0.25) is 9.13 Å². The molecule has 0 saturated carbocycles. The fourth-order valence-electron chi connectivity index (χ4n) is 4.29. The molecule has 0 saturated heterocycles. The third kappa shape index (κ3) is 9.60. The molecule has 8 nitrogen and oxygen atoms in total. The molecule has 0 spiro atoms. The number of halogens is 2. The molecule has 0 radical (unpaired) electrons. The Balaban J connectivity index is 1.76. The zero-order valence-corrected chi connectivity index (χ0v) is 28.1. The highest BCUT2D eigenvalue weighted by Gasteiger charge is 2.22. The molecule has 0 aromatic heterocycles. The van der Waals surface area contributed by atoms with Gasteiger partial charge in [-0.1, -0.05) is 83.9 Å². The number of methoxy groups -OCH3 is 2. The minimum atomic E-state index is -4.37. The Morgan fingerprint density at radius 3 is 1.27 bits per heavy atom. The summed E-state index contributed by atoms with van der Waals surface area (Å²) in [5, 5.41) is 0.133. The quantitative estimate of drug-likeness (QED) is 0.110. The first-order valence-electron chi connectivity index (χ1n) is 13.3. The lowest BCUT2D eigenvalue weighted by Gasteiger charge is -2.22. The molecule has 4 aromatic carbocycles. The summed E-state index contributed by atoms with van der Waals surface area (Å²) in [5.74, 6) is 1.19. The van der Waals surface area contributed by atoms with E-state index < -0.39 is 15.2 Å². The van der Waals surface area contributed by atoms with Crippen LogP contribution in [0.15, 0.2) is 97.1 Å². The van der Waals surface area contributed by atoms with Gasteiger partial charge in [-0.2, -0.15) is 0 Å². The number of thioether (sulfide) groups is 1. The van der Waals surface area contributed by atoms with Crippen molar-refractivity contribution >= 4 is 72.9 Å². The lowest BCUT2D eigenvalue weighted by Crippen LogP contribution is -2.02. The Morgan fingerprint density at radius 1 is 0.622 bits per heavy atom. The second kappa shape index (κ2) is 15.2. The van der Waals surface area contributed by atoms with Crippen molar-refractivity contribution in [1.29, 1.82) is 0 Å². The molecule has 4 N–H and O–H groups in total. The minimum Gasteiger partial charge on any atom is -0.497 e. The van der Waals surface area contributed by atoms with Crippen LogP contribution in [0.2, 0.25) is 10.0 Å². The first-order chi connectivity index (χ1) is 21.3. The SMILES string of the molecule is COc1ccc(C(C=Cc2ccc(P(=O)(O)O)cc2)SC(C=Cc2ccc(P(=O)(O)O)cc2)c2ccc(OC)cc2Cl)c(Cl)c1. The van der Waals surface area contributed by atoms with Gasteiger partial charge in [0.15, 0.2) is 0 Å². The van der Waals surface area contributed by atoms with Crippen LogP contribution < -0.4 is 20.1 Å². The topological polar surface area (TPSA) is 134 Å². The second-order valence-electron chi connectivity index (χ2n) is 9.74. The van der Waals surface area contributed by atoms with Crippen LogP contribution in [0, 0.1) is 0 Å². The molecule has 0 fully saturated rings. The highest BCUT2D eigenvalue weighted by atomic mass is 35.5. The average molecular weight is 708 g/mol. The van der Waals surface area contributed by atoms with Crippen molar-refractivity contribution in [2.45, 2.75) is 10.5 Å². The largest absolute Gasteiger partial charge is 0.497 e. The molecule has 0 aliphatic heterocycles. The normalized spacial score (nSPS) is 13.7. The van der Waals surface area contributed by atoms with Crippen molar-refractivity contribution in [3.8, 4) is 11.5 Å². The van der Waals surface area contributed by atoms with Gasteiger partial charge in [0.1, 0.15) is 11.5 Å². The molecule has 0 heterocycles. The third-order valence-corrected chi connectivity index (χ3v) is 10.7. The molecule has 236 valence electrons. The van der Waals surface area contributed by atoms with Crippen molar-refractivity contribution < 1.29 is 38.2 Å². The Hall–Kier alpha value is -2.81. The van der Waals surface area contributed by atoms with E-state index in [4.69, 9.17) is 32.7 Å². The van der Waals surface area contributed by atoms with E-state index >= 15 is 0 Å². The van der Waals surface area contributed by atoms with Gasteiger partial charge in [0.2, 0.25) is 0 Å². The second-order valence-corrected chi connectivity index (χ2v) is 15.1. The van der Waals surface area contributed by atoms with Gasteiger partial charge >= 0.3 is 15.2 Å². The molecule has 0 aliphatic rings. The van der Waals surface area contributed by atoms with Crippen molar-refractivity contribution in [1.82, 2.24) is 0 Å². The molecule has 0 amide bonds. The van der Waals surface area contributed by atoms with Crippen molar-refractivity contribution in [3.05, 3.63) is 129 Å². The lowest BCUT2D eigenvalue weighted by molar-refractivity contribution is 0.385. The van der Waals surface area contributed by atoms with Gasteiger partial charge in [-0.15, -0.1) is 11.8 Å². The van der Waals surface area contributed by atoms with Crippen LogP contribution in [0.3, 0.4) is 0 Å². The zero-order chi connectivity index (χ0) is 32.8. The first-order valence-corrected chi connectivity index (χ1v) is 18.2. The fourth-order valence-corrected chi connectivity index (χ4v) is 7.43. The summed E-state index contributed by atoms with van der Waals surface area (Å²) in [5.41, 5.74) is 3.03. The summed E-state index contributed by atoms with van der Waals surface area (Å²) in [7, 11) is -5.64. The Bertz CT molecular complexity index is 1650. The van der Waals surface area contributed by atoms with Gasteiger partial charge in [-0.05, 0) is 70.8 Å². The zero-order valence-electron chi connectivity index (χ0n) is 24.0. The smallest absolute Gasteiger partial charge is 0.356 e. The fraction of sp³-hybridized carbons (Fsp3) is 0.125.